The maximum Gasteiger partial charge on any atom is 0.255 e. The van der Waals surface area contributed by atoms with E-state index in [4.69, 9.17) is 4.74 Å². The molecule has 1 fully saturated rings. The second kappa shape index (κ2) is 5.60. The van der Waals surface area contributed by atoms with Gasteiger partial charge in [0.25, 0.3) is 5.56 Å². The third kappa shape index (κ3) is 2.62. The van der Waals surface area contributed by atoms with Crippen LogP contribution in [0.1, 0.15) is 52.0 Å². The molecule has 1 aromatic carbocycles. The van der Waals surface area contributed by atoms with Crippen LogP contribution in [0.2, 0.25) is 0 Å². The third-order valence-corrected chi connectivity index (χ3v) is 5.49. The van der Waals surface area contributed by atoms with Gasteiger partial charge in [0, 0.05) is 11.3 Å². The molecule has 0 radical (unpaired) electrons. The van der Waals surface area contributed by atoms with Gasteiger partial charge in [0.15, 0.2) is 0 Å². The number of fused-ring (bicyclic) bond motifs is 1. The molecule has 1 aliphatic rings. The fraction of sp³-hybridized carbons (Fsp3) is 0.526. The maximum atomic E-state index is 12.6. The minimum Gasteiger partial charge on any atom is -0.507 e. The number of pyridine rings is 1. The van der Waals surface area contributed by atoms with Gasteiger partial charge < -0.3 is 19.9 Å². The summed E-state index contributed by atoms with van der Waals surface area (Å²) in [5.74, 6) is -0.312. The molecule has 1 aliphatic heterocycles. The van der Waals surface area contributed by atoms with E-state index < -0.39 is 17.3 Å². The van der Waals surface area contributed by atoms with Gasteiger partial charge in [-0.3, -0.25) is 4.79 Å². The molecule has 0 spiro atoms. The number of aromatic hydroxyl groups is 1. The van der Waals surface area contributed by atoms with E-state index in [0.717, 1.165) is 0 Å². The predicted octanol–water partition coefficient (Wildman–Crippen LogP) is 3.05. The summed E-state index contributed by atoms with van der Waals surface area (Å²) in [4.78, 5) is 15.4. The average molecular weight is 331 g/mol. The molecule has 5 heteroatoms. The zero-order chi connectivity index (χ0) is 17.7. The Hall–Kier alpha value is -1.85. The Morgan fingerprint density at radius 1 is 1.29 bits per heavy atom. The number of rotatable bonds is 2. The summed E-state index contributed by atoms with van der Waals surface area (Å²) in [5.41, 5.74) is -0.687. The van der Waals surface area contributed by atoms with E-state index >= 15 is 0 Å². The van der Waals surface area contributed by atoms with E-state index in [1.807, 2.05) is 39.8 Å². The molecule has 3 rings (SSSR count). The predicted molar refractivity (Wildman–Crippen MR) is 93.5 cm³/mol. The van der Waals surface area contributed by atoms with E-state index in [2.05, 4.69) is 4.98 Å². The summed E-state index contributed by atoms with van der Waals surface area (Å²) in [6.07, 6.45) is 0.672. The molecule has 1 saturated heterocycles. The lowest BCUT2D eigenvalue weighted by molar-refractivity contribution is -0.221. The molecule has 2 heterocycles. The van der Waals surface area contributed by atoms with E-state index in [1.165, 1.54) is 0 Å². The largest absolute Gasteiger partial charge is 0.507 e. The van der Waals surface area contributed by atoms with Gasteiger partial charge in [-0.25, -0.2) is 0 Å². The number of aromatic nitrogens is 1. The van der Waals surface area contributed by atoms with Gasteiger partial charge in [0.2, 0.25) is 0 Å². The first-order valence-electron chi connectivity index (χ1n) is 8.38. The maximum absolute atomic E-state index is 12.6. The molecule has 0 amide bonds. The van der Waals surface area contributed by atoms with Crippen molar-refractivity contribution < 1.29 is 14.9 Å². The van der Waals surface area contributed by atoms with Gasteiger partial charge >= 0.3 is 0 Å². The van der Waals surface area contributed by atoms with Gasteiger partial charge in [-0.15, -0.1) is 0 Å². The van der Waals surface area contributed by atoms with Crippen molar-refractivity contribution in [1.82, 2.24) is 4.98 Å². The zero-order valence-corrected chi connectivity index (χ0v) is 14.6. The summed E-state index contributed by atoms with van der Waals surface area (Å²) in [6, 6.07) is 7.20. The topological polar surface area (TPSA) is 82.5 Å². The molecule has 24 heavy (non-hydrogen) atoms. The van der Waals surface area contributed by atoms with Crippen LogP contribution in [0.25, 0.3) is 10.9 Å². The second-order valence-electron chi connectivity index (χ2n) is 7.56. The van der Waals surface area contributed by atoms with Crippen LogP contribution in [-0.4, -0.2) is 32.5 Å². The Bertz CT molecular complexity index is 826. The molecule has 0 unspecified atom stereocenters. The highest BCUT2D eigenvalue weighted by atomic mass is 16.5. The van der Waals surface area contributed by atoms with Crippen molar-refractivity contribution in [3.8, 4) is 5.75 Å². The Labute approximate surface area is 141 Å². The monoisotopic (exact) mass is 331 g/mol. The van der Waals surface area contributed by atoms with Gasteiger partial charge in [0.1, 0.15) is 5.75 Å². The highest BCUT2D eigenvalue weighted by Crippen LogP contribution is 2.45. The van der Waals surface area contributed by atoms with Crippen LogP contribution in [0.15, 0.2) is 29.1 Å². The first kappa shape index (κ1) is 17.0. The summed E-state index contributed by atoms with van der Waals surface area (Å²) < 4.78 is 6.20. The van der Waals surface area contributed by atoms with E-state index in [-0.39, 0.29) is 17.2 Å². The molecular weight excluding hydrogens is 306 g/mol. The van der Waals surface area contributed by atoms with Crippen LogP contribution in [0.5, 0.6) is 5.75 Å². The van der Waals surface area contributed by atoms with Crippen LogP contribution in [0.4, 0.5) is 0 Å². The summed E-state index contributed by atoms with van der Waals surface area (Å²) in [5, 5.41) is 21.5. The van der Waals surface area contributed by atoms with Crippen molar-refractivity contribution in [1.29, 1.82) is 0 Å². The van der Waals surface area contributed by atoms with Gasteiger partial charge in [-0.2, -0.15) is 0 Å². The van der Waals surface area contributed by atoms with E-state index in [1.54, 1.807) is 12.1 Å². The fourth-order valence-corrected chi connectivity index (χ4v) is 3.74. The summed E-state index contributed by atoms with van der Waals surface area (Å²) in [7, 11) is 0. The molecular formula is C19H25NO4. The normalized spacial score (nSPS) is 28.0. The highest BCUT2D eigenvalue weighted by Gasteiger charge is 2.47. The molecule has 0 saturated carbocycles. The third-order valence-electron chi connectivity index (χ3n) is 5.49. The van der Waals surface area contributed by atoms with Crippen LogP contribution in [-0.2, 0) is 4.74 Å². The average Bonchev–Trinajstić information content (AvgIpc) is 2.51. The Morgan fingerprint density at radius 3 is 2.62 bits per heavy atom. The van der Waals surface area contributed by atoms with E-state index in [0.29, 0.717) is 29.3 Å². The summed E-state index contributed by atoms with van der Waals surface area (Å²) >= 11 is 0. The quantitative estimate of drug-likeness (QED) is 0.790. The number of benzene rings is 1. The second-order valence-corrected chi connectivity index (χ2v) is 7.56. The van der Waals surface area contributed by atoms with Gasteiger partial charge in [0.05, 0.1) is 28.4 Å². The van der Waals surface area contributed by atoms with Crippen molar-refractivity contribution in [2.24, 2.45) is 0 Å². The highest BCUT2D eigenvalue weighted by molar-refractivity contribution is 5.85. The van der Waals surface area contributed by atoms with Crippen molar-refractivity contribution in [3.63, 3.8) is 0 Å². The minimum absolute atomic E-state index is 0.00982. The lowest BCUT2D eigenvalue weighted by Crippen LogP contribution is -2.54. The number of aromatic amines is 1. The molecule has 3 atom stereocenters. The van der Waals surface area contributed by atoms with Gasteiger partial charge in [-0.1, -0.05) is 19.1 Å². The smallest absolute Gasteiger partial charge is 0.255 e. The number of aliphatic hydroxyl groups is 1. The SMILES string of the molecule is C[C@H](c1c(O)c2ccccc2[nH]c1=O)[C@@]1(C)CC[C@H](O)C(C)(C)O1. The number of nitrogens with one attached hydrogen (secondary N) is 1. The molecule has 3 N–H and O–H groups in total. The molecule has 0 bridgehead atoms. The van der Waals surface area contributed by atoms with Crippen molar-refractivity contribution in [2.45, 2.75) is 63.8 Å². The van der Waals surface area contributed by atoms with Gasteiger partial charge in [-0.05, 0) is 45.7 Å². The van der Waals surface area contributed by atoms with Crippen molar-refractivity contribution in [2.75, 3.05) is 0 Å². The summed E-state index contributed by atoms with van der Waals surface area (Å²) in [6.45, 7) is 7.55. The van der Waals surface area contributed by atoms with Crippen LogP contribution >= 0.6 is 0 Å². The first-order chi connectivity index (χ1) is 11.2. The van der Waals surface area contributed by atoms with Crippen molar-refractivity contribution in [3.05, 3.63) is 40.2 Å². The number of hydrogen-bond donors (Lipinski definition) is 3. The number of para-hydroxylation sites is 1. The Morgan fingerprint density at radius 2 is 1.96 bits per heavy atom. The van der Waals surface area contributed by atoms with Crippen LogP contribution in [0, 0.1) is 0 Å². The Kier molecular flexibility index (Phi) is 3.97. The fourth-order valence-electron chi connectivity index (χ4n) is 3.74. The molecule has 130 valence electrons. The number of hydrogen-bond acceptors (Lipinski definition) is 4. The zero-order valence-electron chi connectivity index (χ0n) is 14.6. The molecule has 1 aromatic heterocycles. The Balaban J connectivity index is 2.09. The standard InChI is InChI=1S/C19H25NO4/c1-11(19(4)10-9-14(21)18(2,3)24-19)15-16(22)12-7-5-6-8-13(12)20-17(15)23/h5-8,11,14,21H,9-10H2,1-4H3,(H2,20,22,23)/t11-,14+,19-/m1/s1. The first-order valence-corrected chi connectivity index (χ1v) is 8.38. The van der Waals surface area contributed by atoms with Crippen LogP contribution in [0.3, 0.4) is 0 Å². The molecule has 0 aliphatic carbocycles. The minimum atomic E-state index is -0.694. The number of ether oxygens (including phenoxy) is 1. The molecule has 5 nitrogen and oxygen atoms in total. The lowest BCUT2D eigenvalue weighted by Gasteiger charge is -2.49. The number of aliphatic hydroxyl groups excluding tert-OH is 1. The van der Waals surface area contributed by atoms with E-state index in [9.17, 15) is 15.0 Å². The molecule has 2 aromatic rings. The lowest BCUT2D eigenvalue weighted by atomic mass is 9.76. The van der Waals surface area contributed by atoms with Crippen LogP contribution < -0.4 is 5.56 Å². The van der Waals surface area contributed by atoms with Crippen molar-refractivity contribution >= 4 is 10.9 Å². The number of H-pyrrole nitrogens is 1.